The summed E-state index contributed by atoms with van der Waals surface area (Å²) in [5.74, 6) is 0.963. The predicted octanol–water partition coefficient (Wildman–Crippen LogP) is 3.74. The van der Waals surface area contributed by atoms with E-state index in [0.717, 1.165) is 22.5 Å². The van der Waals surface area contributed by atoms with Gasteiger partial charge < -0.3 is 9.84 Å². The third kappa shape index (κ3) is 5.13. The van der Waals surface area contributed by atoms with Gasteiger partial charge in [0.25, 0.3) is 10.0 Å². The SMILES string of the molecule is C=CCc1cc(OCC)cc(CN2CCN(S(=O)(=O)c3ccc(Cl)s3)CC2)c1O. The number of hydrogen-bond donors (Lipinski definition) is 1. The maximum absolute atomic E-state index is 12.7. The van der Waals surface area contributed by atoms with E-state index in [4.69, 9.17) is 16.3 Å². The molecular formula is C20H25ClN2O4S2. The maximum atomic E-state index is 12.7. The minimum Gasteiger partial charge on any atom is -0.507 e. The summed E-state index contributed by atoms with van der Waals surface area (Å²) in [5.41, 5.74) is 1.55. The van der Waals surface area contributed by atoms with Gasteiger partial charge in [-0.05, 0) is 37.6 Å². The van der Waals surface area contributed by atoms with Gasteiger partial charge in [-0.1, -0.05) is 17.7 Å². The molecule has 1 aromatic heterocycles. The second-order valence-corrected chi connectivity index (χ2v) is 10.6. The maximum Gasteiger partial charge on any atom is 0.252 e. The number of ether oxygens (including phenoxy) is 1. The van der Waals surface area contributed by atoms with Gasteiger partial charge in [0.15, 0.2) is 0 Å². The zero-order valence-electron chi connectivity index (χ0n) is 16.3. The summed E-state index contributed by atoms with van der Waals surface area (Å²) in [7, 11) is -3.51. The van der Waals surface area contributed by atoms with Gasteiger partial charge in [0, 0.05) is 43.9 Å². The van der Waals surface area contributed by atoms with Gasteiger partial charge in [-0.3, -0.25) is 4.90 Å². The summed E-state index contributed by atoms with van der Waals surface area (Å²) in [6.07, 6.45) is 2.30. The predicted molar refractivity (Wildman–Crippen MR) is 117 cm³/mol. The van der Waals surface area contributed by atoms with Gasteiger partial charge in [-0.2, -0.15) is 4.31 Å². The summed E-state index contributed by atoms with van der Waals surface area (Å²) in [6, 6.07) is 6.83. The van der Waals surface area contributed by atoms with E-state index in [0.29, 0.717) is 55.8 Å². The number of phenols is 1. The smallest absolute Gasteiger partial charge is 0.252 e. The molecule has 0 unspecified atom stereocenters. The molecule has 0 aliphatic carbocycles. The second kappa shape index (κ2) is 9.49. The van der Waals surface area contributed by atoms with Crippen molar-refractivity contribution in [2.45, 2.75) is 24.1 Å². The molecule has 158 valence electrons. The third-order valence-electron chi connectivity index (χ3n) is 4.78. The van der Waals surface area contributed by atoms with Gasteiger partial charge in [-0.15, -0.1) is 17.9 Å². The molecule has 2 heterocycles. The molecule has 3 rings (SSSR count). The Labute approximate surface area is 181 Å². The van der Waals surface area contributed by atoms with Crippen molar-refractivity contribution in [3.63, 3.8) is 0 Å². The average molecular weight is 457 g/mol. The van der Waals surface area contributed by atoms with Crippen LogP contribution in [0.5, 0.6) is 11.5 Å². The first-order chi connectivity index (χ1) is 13.8. The molecule has 1 fully saturated rings. The van der Waals surface area contributed by atoms with Crippen LogP contribution < -0.4 is 4.74 Å². The van der Waals surface area contributed by atoms with Crippen LogP contribution >= 0.6 is 22.9 Å². The molecule has 0 bridgehead atoms. The number of thiophene rings is 1. The first kappa shape index (κ1) is 22.1. The van der Waals surface area contributed by atoms with Crippen molar-refractivity contribution in [2.24, 2.45) is 0 Å². The van der Waals surface area contributed by atoms with E-state index in [2.05, 4.69) is 11.5 Å². The number of sulfonamides is 1. The van der Waals surface area contributed by atoms with Gasteiger partial charge in [0.2, 0.25) is 0 Å². The number of piperazine rings is 1. The van der Waals surface area contributed by atoms with E-state index < -0.39 is 10.0 Å². The van der Waals surface area contributed by atoms with Crippen LogP contribution in [0.3, 0.4) is 0 Å². The molecule has 6 nitrogen and oxygen atoms in total. The molecule has 0 atom stereocenters. The number of aromatic hydroxyl groups is 1. The van der Waals surface area contributed by atoms with Crippen molar-refractivity contribution >= 4 is 33.0 Å². The van der Waals surface area contributed by atoms with E-state index in [9.17, 15) is 13.5 Å². The first-order valence-electron chi connectivity index (χ1n) is 9.41. The summed E-state index contributed by atoms with van der Waals surface area (Å²) in [4.78, 5) is 2.13. The lowest BCUT2D eigenvalue weighted by Gasteiger charge is -2.34. The minimum atomic E-state index is -3.51. The highest BCUT2D eigenvalue weighted by molar-refractivity contribution is 7.91. The van der Waals surface area contributed by atoms with Crippen molar-refractivity contribution < 1.29 is 18.3 Å². The number of benzene rings is 1. The first-order valence-corrected chi connectivity index (χ1v) is 12.0. The fourth-order valence-corrected chi connectivity index (χ4v) is 6.40. The number of phenolic OH excluding ortho intramolecular Hbond substituents is 1. The second-order valence-electron chi connectivity index (χ2n) is 6.75. The molecule has 1 aromatic carbocycles. The summed E-state index contributed by atoms with van der Waals surface area (Å²) < 4.78 is 33.3. The Morgan fingerprint density at radius 1 is 1.24 bits per heavy atom. The molecule has 1 aliphatic heterocycles. The van der Waals surface area contributed by atoms with E-state index in [1.165, 1.54) is 4.31 Å². The normalized spacial score (nSPS) is 16.1. The van der Waals surface area contributed by atoms with Crippen molar-refractivity contribution in [3.05, 3.63) is 52.4 Å². The van der Waals surface area contributed by atoms with Crippen molar-refractivity contribution in [1.29, 1.82) is 0 Å². The number of rotatable bonds is 8. The molecular weight excluding hydrogens is 432 g/mol. The molecule has 1 saturated heterocycles. The highest BCUT2D eigenvalue weighted by atomic mass is 35.5. The molecule has 29 heavy (non-hydrogen) atoms. The van der Waals surface area contributed by atoms with E-state index in [1.54, 1.807) is 18.2 Å². The Hall–Kier alpha value is -1.58. The van der Waals surface area contributed by atoms with Crippen LogP contribution in [0, 0.1) is 0 Å². The van der Waals surface area contributed by atoms with Crippen LogP contribution in [0.25, 0.3) is 0 Å². The molecule has 1 N–H and O–H groups in total. The quantitative estimate of drug-likeness (QED) is 0.613. The largest absolute Gasteiger partial charge is 0.507 e. The third-order valence-corrected chi connectivity index (χ3v) is 8.38. The Morgan fingerprint density at radius 3 is 2.52 bits per heavy atom. The molecule has 2 aromatic rings. The van der Waals surface area contributed by atoms with Gasteiger partial charge in [0.1, 0.15) is 15.7 Å². The fraction of sp³-hybridized carbons (Fsp3) is 0.400. The van der Waals surface area contributed by atoms with Crippen LogP contribution in [0.2, 0.25) is 4.34 Å². The fourth-order valence-electron chi connectivity index (χ4n) is 3.34. The zero-order chi connectivity index (χ0) is 21.0. The standard InChI is InChI=1S/C20H25ClN2O4S2/c1-3-5-15-12-17(27-4-2)13-16(20(15)24)14-22-8-10-23(11-9-22)29(25,26)19-7-6-18(21)28-19/h3,6-7,12-13,24H,1,4-5,8-11,14H2,2H3. The van der Waals surface area contributed by atoms with Gasteiger partial charge in [-0.25, -0.2) is 8.42 Å². The molecule has 9 heteroatoms. The van der Waals surface area contributed by atoms with Crippen LogP contribution in [0.1, 0.15) is 18.1 Å². The number of nitrogens with zero attached hydrogens (tertiary/aromatic N) is 2. The monoisotopic (exact) mass is 456 g/mol. The van der Waals surface area contributed by atoms with Crippen LogP contribution in [0.4, 0.5) is 0 Å². The molecule has 0 saturated carbocycles. The minimum absolute atomic E-state index is 0.247. The van der Waals surface area contributed by atoms with Gasteiger partial charge in [0.05, 0.1) is 10.9 Å². The Kier molecular flexibility index (Phi) is 7.23. The average Bonchev–Trinajstić information content (AvgIpc) is 3.13. The topological polar surface area (TPSA) is 70.1 Å². The van der Waals surface area contributed by atoms with E-state index >= 15 is 0 Å². The van der Waals surface area contributed by atoms with Crippen LogP contribution in [-0.4, -0.2) is 55.5 Å². The molecule has 0 spiro atoms. The highest BCUT2D eigenvalue weighted by Gasteiger charge is 2.30. The molecule has 0 radical (unpaired) electrons. The van der Waals surface area contributed by atoms with E-state index in [-0.39, 0.29) is 9.96 Å². The Bertz CT molecular complexity index is 967. The lowest BCUT2D eigenvalue weighted by atomic mass is 10.0. The lowest BCUT2D eigenvalue weighted by molar-refractivity contribution is 0.180. The molecule has 0 amide bonds. The number of hydrogen-bond acceptors (Lipinski definition) is 6. The number of halogens is 1. The van der Waals surface area contributed by atoms with Crippen LogP contribution in [0.15, 0.2) is 41.1 Å². The Balaban J connectivity index is 1.70. The number of allylic oxidation sites excluding steroid dienone is 1. The summed E-state index contributed by atoms with van der Waals surface area (Å²) >= 11 is 6.96. The van der Waals surface area contributed by atoms with Crippen LogP contribution in [-0.2, 0) is 23.0 Å². The lowest BCUT2D eigenvalue weighted by Crippen LogP contribution is -2.48. The van der Waals surface area contributed by atoms with Crippen molar-refractivity contribution in [3.8, 4) is 11.5 Å². The summed E-state index contributed by atoms with van der Waals surface area (Å²) in [6.45, 7) is 8.66. The van der Waals surface area contributed by atoms with Gasteiger partial charge >= 0.3 is 0 Å². The summed E-state index contributed by atoms with van der Waals surface area (Å²) in [5, 5.41) is 10.6. The van der Waals surface area contributed by atoms with Crippen molar-refractivity contribution in [2.75, 3.05) is 32.8 Å². The molecule has 1 aliphatic rings. The highest BCUT2D eigenvalue weighted by Crippen LogP contribution is 2.32. The zero-order valence-corrected chi connectivity index (χ0v) is 18.7. The Morgan fingerprint density at radius 2 is 1.93 bits per heavy atom. The van der Waals surface area contributed by atoms with E-state index in [1.807, 2.05) is 19.1 Å². The van der Waals surface area contributed by atoms with Crippen molar-refractivity contribution in [1.82, 2.24) is 9.21 Å².